The standard InChI is InChI=1S/C33H40N4O5/c1-3-39-31(35)24-9-5-22(6-10-24)20-41-28-17-18-29(33(38)37-27-15-13-26(34)14-16-27)30(19-28)42-21-23-7-11-25(12-8-23)32(36)40-4-2/h5-12,17-19,26-27,35-36H,3-4,13-16,20-21,34H2,1-2H3,(H,37,38). The molecule has 0 heterocycles. The smallest absolute Gasteiger partial charge is 0.255 e. The molecule has 0 atom stereocenters. The van der Waals surface area contributed by atoms with Crippen LogP contribution in [0.15, 0.2) is 66.7 Å². The van der Waals surface area contributed by atoms with Gasteiger partial charge in [0.25, 0.3) is 5.91 Å². The molecule has 0 spiro atoms. The molecule has 1 aliphatic rings. The number of carbonyl (C=O) groups excluding carboxylic acids is 1. The van der Waals surface area contributed by atoms with Crippen LogP contribution in [-0.4, -0.2) is 43.0 Å². The Bertz CT molecular complexity index is 1350. The van der Waals surface area contributed by atoms with Crippen LogP contribution < -0.4 is 20.5 Å². The molecule has 4 rings (SSSR count). The highest BCUT2D eigenvalue weighted by atomic mass is 16.5. The van der Waals surface area contributed by atoms with Gasteiger partial charge in [-0.25, -0.2) is 0 Å². The summed E-state index contributed by atoms with van der Waals surface area (Å²) in [6.07, 6.45) is 3.50. The third-order valence-electron chi connectivity index (χ3n) is 7.11. The Hall–Kier alpha value is -4.37. The molecule has 9 nitrogen and oxygen atoms in total. The van der Waals surface area contributed by atoms with Gasteiger partial charge in [0.1, 0.15) is 24.7 Å². The fraction of sp³-hybridized carbons (Fsp3) is 0.364. The van der Waals surface area contributed by atoms with E-state index in [1.807, 2.05) is 62.4 Å². The van der Waals surface area contributed by atoms with Crippen LogP contribution in [0.2, 0.25) is 0 Å². The summed E-state index contributed by atoms with van der Waals surface area (Å²) >= 11 is 0. The summed E-state index contributed by atoms with van der Waals surface area (Å²) in [5, 5.41) is 19.0. The number of carbonyl (C=O) groups is 1. The van der Waals surface area contributed by atoms with Crippen molar-refractivity contribution in [3.8, 4) is 11.5 Å². The van der Waals surface area contributed by atoms with E-state index < -0.39 is 0 Å². The minimum atomic E-state index is -0.190. The van der Waals surface area contributed by atoms with Gasteiger partial charge in [0.2, 0.25) is 11.8 Å². The van der Waals surface area contributed by atoms with Crippen LogP contribution in [0.4, 0.5) is 0 Å². The predicted molar refractivity (Wildman–Crippen MR) is 163 cm³/mol. The summed E-state index contributed by atoms with van der Waals surface area (Å²) in [6.45, 7) is 5.12. The Morgan fingerprint density at radius 1 is 0.786 bits per heavy atom. The number of hydrogen-bond donors (Lipinski definition) is 4. The van der Waals surface area contributed by atoms with E-state index in [2.05, 4.69) is 5.32 Å². The highest BCUT2D eigenvalue weighted by Crippen LogP contribution is 2.28. The van der Waals surface area contributed by atoms with Crippen LogP contribution in [0.25, 0.3) is 0 Å². The number of nitrogens with one attached hydrogen (secondary N) is 3. The minimum Gasteiger partial charge on any atom is -0.489 e. The summed E-state index contributed by atoms with van der Waals surface area (Å²) < 4.78 is 22.8. The largest absolute Gasteiger partial charge is 0.489 e. The normalized spacial score (nSPS) is 16.3. The maximum Gasteiger partial charge on any atom is 0.255 e. The van der Waals surface area contributed by atoms with Crippen LogP contribution in [0.3, 0.4) is 0 Å². The zero-order valence-electron chi connectivity index (χ0n) is 24.3. The molecule has 42 heavy (non-hydrogen) atoms. The summed E-state index contributed by atoms with van der Waals surface area (Å²) in [7, 11) is 0. The van der Waals surface area contributed by atoms with Crippen LogP contribution in [0.1, 0.15) is 72.1 Å². The van der Waals surface area contributed by atoms with Crippen molar-refractivity contribution < 1.29 is 23.7 Å². The fourth-order valence-corrected chi connectivity index (χ4v) is 4.71. The van der Waals surface area contributed by atoms with Crippen LogP contribution in [0, 0.1) is 10.8 Å². The quantitative estimate of drug-likeness (QED) is 0.165. The average Bonchev–Trinajstić information content (AvgIpc) is 3.01. The molecular weight excluding hydrogens is 532 g/mol. The van der Waals surface area contributed by atoms with Gasteiger partial charge in [0.15, 0.2) is 0 Å². The maximum atomic E-state index is 13.3. The number of hydrogen-bond acceptors (Lipinski definition) is 8. The maximum absolute atomic E-state index is 13.3. The Morgan fingerprint density at radius 2 is 1.31 bits per heavy atom. The Labute approximate surface area is 247 Å². The number of amides is 1. The highest BCUT2D eigenvalue weighted by Gasteiger charge is 2.22. The van der Waals surface area contributed by atoms with Gasteiger partial charge >= 0.3 is 0 Å². The molecule has 0 bridgehead atoms. The molecule has 0 aliphatic heterocycles. The first kappa shape index (κ1) is 30.6. The highest BCUT2D eigenvalue weighted by molar-refractivity contribution is 5.97. The molecule has 222 valence electrons. The summed E-state index contributed by atoms with van der Waals surface area (Å²) in [5.41, 5.74) is 9.68. The lowest BCUT2D eigenvalue weighted by atomic mass is 9.91. The summed E-state index contributed by atoms with van der Waals surface area (Å²) in [5.74, 6) is 1.06. The van der Waals surface area contributed by atoms with Crippen molar-refractivity contribution in [1.82, 2.24) is 5.32 Å². The molecule has 0 unspecified atom stereocenters. The van der Waals surface area contributed by atoms with Crippen LogP contribution >= 0.6 is 0 Å². The lowest BCUT2D eigenvalue weighted by molar-refractivity contribution is 0.0921. The minimum absolute atomic E-state index is 0.0847. The molecule has 0 saturated heterocycles. The first-order valence-corrected chi connectivity index (χ1v) is 14.4. The second-order valence-corrected chi connectivity index (χ2v) is 10.2. The van der Waals surface area contributed by atoms with Crippen LogP contribution in [-0.2, 0) is 22.7 Å². The van der Waals surface area contributed by atoms with E-state index in [1.54, 1.807) is 18.2 Å². The molecule has 0 aromatic heterocycles. The lowest BCUT2D eigenvalue weighted by Gasteiger charge is -2.27. The molecular formula is C33H40N4O5. The van der Waals surface area contributed by atoms with E-state index in [0.717, 1.165) is 36.8 Å². The number of ether oxygens (including phenoxy) is 4. The molecule has 0 radical (unpaired) electrons. The van der Waals surface area contributed by atoms with Crippen molar-refractivity contribution in [2.45, 2.75) is 64.8 Å². The lowest BCUT2D eigenvalue weighted by Crippen LogP contribution is -2.40. The molecule has 9 heteroatoms. The summed E-state index contributed by atoms with van der Waals surface area (Å²) in [4.78, 5) is 13.3. The van der Waals surface area contributed by atoms with Crippen molar-refractivity contribution in [2.75, 3.05) is 13.2 Å². The predicted octanol–water partition coefficient (Wildman–Crippen LogP) is 5.57. The van der Waals surface area contributed by atoms with Gasteiger partial charge in [-0.1, -0.05) is 24.3 Å². The molecule has 1 saturated carbocycles. The Balaban J connectivity index is 1.46. The first-order valence-electron chi connectivity index (χ1n) is 14.4. The SMILES string of the molecule is CCOC(=N)c1ccc(COc2ccc(C(=O)NC3CCC(N)CC3)c(OCc3ccc(C(=N)OCC)cc3)c2)cc1. The molecule has 1 fully saturated rings. The zero-order chi connectivity index (χ0) is 29.9. The average molecular weight is 573 g/mol. The second kappa shape index (κ2) is 15.0. The van der Waals surface area contributed by atoms with Gasteiger partial charge in [-0.05, 0) is 87.1 Å². The monoisotopic (exact) mass is 572 g/mol. The topological polar surface area (TPSA) is 140 Å². The number of nitrogens with two attached hydrogens (primary N) is 1. The third kappa shape index (κ3) is 8.57. The van der Waals surface area contributed by atoms with E-state index in [1.165, 1.54) is 0 Å². The molecule has 1 aliphatic carbocycles. The zero-order valence-corrected chi connectivity index (χ0v) is 24.3. The van der Waals surface area contributed by atoms with Crippen molar-refractivity contribution in [1.29, 1.82) is 10.8 Å². The first-order chi connectivity index (χ1) is 20.4. The van der Waals surface area contributed by atoms with Crippen molar-refractivity contribution in [3.05, 3.63) is 94.5 Å². The Kier molecular flexibility index (Phi) is 10.9. The van der Waals surface area contributed by atoms with E-state index in [-0.39, 0.29) is 36.4 Å². The van der Waals surface area contributed by atoms with Crippen molar-refractivity contribution in [3.63, 3.8) is 0 Å². The van der Waals surface area contributed by atoms with E-state index in [4.69, 9.17) is 35.5 Å². The van der Waals surface area contributed by atoms with Gasteiger partial charge in [-0.2, -0.15) is 0 Å². The van der Waals surface area contributed by atoms with E-state index in [9.17, 15) is 4.79 Å². The van der Waals surface area contributed by atoms with E-state index >= 15 is 0 Å². The second-order valence-electron chi connectivity index (χ2n) is 10.2. The van der Waals surface area contributed by atoms with Gasteiger partial charge in [0, 0.05) is 29.3 Å². The molecule has 3 aromatic rings. The van der Waals surface area contributed by atoms with Crippen molar-refractivity contribution in [2.24, 2.45) is 5.73 Å². The van der Waals surface area contributed by atoms with Gasteiger partial charge < -0.3 is 30.0 Å². The van der Waals surface area contributed by atoms with Gasteiger partial charge in [-0.3, -0.25) is 15.6 Å². The number of rotatable bonds is 12. The molecule has 5 N–H and O–H groups in total. The van der Waals surface area contributed by atoms with Gasteiger partial charge in [0.05, 0.1) is 18.8 Å². The Morgan fingerprint density at radius 3 is 1.83 bits per heavy atom. The molecule has 1 amide bonds. The van der Waals surface area contributed by atoms with Gasteiger partial charge in [-0.15, -0.1) is 0 Å². The number of benzene rings is 3. The fourth-order valence-electron chi connectivity index (χ4n) is 4.71. The van der Waals surface area contributed by atoms with E-state index in [0.29, 0.717) is 48.0 Å². The third-order valence-corrected chi connectivity index (χ3v) is 7.11. The molecule has 3 aromatic carbocycles. The van der Waals surface area contributed by atoms with Crippen molar-refractivity contribution >= 4 is 17.7 Å². The summed E-state index contributed by atoms with van der Waals surface area (Å²) in [6, 6.07) is 20.4. The van der Waals surface area contributed by atoms with Crippen LogP contribution in [0.5, 0.6) is 11.5 Å².